The van der Waals surface area contributed by atoms with Gasteiger partial charge in [0, 0.05) is 66.3 Å². The van der Waals surface area contributed by atoms with Crippen molar-refractivity contribution in [1.82, 2.24) is 14.7 Å². The molecule has 0 bridgehead atoms. The number of carbonyl (C=O) groups is 1. The van der Waals surface area contributed by atoms with E-state index in [1.807, 2.05) is 41.1 Å². The van der Waals surface area contributed by atoms with Crippen LogP contribution in [0.3, 0.4) is 0 Å². The number of hydrogen-bond donors (Lipinski definition) is 0. The SMILES string of the molecule is Cc1cc(CC(=O)CS(=O)(=O)c2cn(Cc3cccc(-c4ccc(C5CCOCC5)nc4)c3)c3ccccc23)no1. The van der Waals surface area contributed by atoms with Crippen molar-refractivity contribution < 1.29 is 22.5 Å². The first-order chi connectivity index (χ1) is 19.9. The third-order valence-corrected chi connectivity index (χ3v) is 9.23. The first-order valence-corrected chi connectivity index (χ1v) is 15.4. The van der Waals surface area contributed by atoms with Crippen molar-refractivity contribution in [3.8, 4) is 11.1 Å². The average molecular weight is 570 g/mol. The molecule has 0 N–H and O–H groups in total. The Morgan fingerprint density at radius 2 is 1.83 bits per heavy atom. The highest BCUT2D eigenvalue weighted by Crippen LogP contribution is 2.30. The van der Waals surface area contributed by atoms with E-state index in [1.165, 1.54) is 0 Å². The first-order valence-electron chi connectivity index (χ1n) is 13.7. The molecule has 1 fully saturated rings. The van der Waals surface area contributed by atoms with Gasteiger partial charge in [-0.3, -0.25) is 9.78 Å². The second-order valence-electron chi connectivity index (χ2n) is 10.6. The number of aryl methyl sites for hydroxylation is 1. The third kappa shape index (κ3) is 6.01. The molecule has 0 atom stereocenters. The zero-order chi connectivity index (χ0) is 28.4. The Hall–Kier alpha value is -4.08. The molecule has 0 amide bonds. The quantitative estimate of drug-likeness (QED) is 0.230. The summed E-state index contributed by atoms with van der Waals surface area (Å²) < 4.78 is 39.2. The fourth-order valence-corrected chi connectivity index (χ4v) is 6.97. The van der Waals surface area contributed by atoms with E-state index >= 15 is 0 Å². The minimum Gasteiger partial charge on any atom is -0.381 e. The molecule has 0 unspecified atom stereocenters. The van der Waals surface area contributed by atoms with Crippen LogP contribution in [0.2, 0.25) is 0 Å². The average Bonchev–Trinajstić information content (AvgIpc) is 3.57. The fourth-order valence-electron chi connectivity index (χ4n) is 5.49. The second-order valence-corrected chi connectivity index (χ2v) is 12.6. The number of nitrogens with zero attached hydrogens (tertiary/aromatic N) is 3. The molecular formula is C32H31N3O5S. The van der Waals surface area contributed by atoms with E-state index in [2.05, 4.69) is 29.4 Å². The van der Waals surface area contributed by atoms with Crippen LogP contribution in [-0.4, -0.2) is 47.9 Å². The van der Waals surface area contributed by atoms with E-state index in [1.54, 1.807) is 25.3 Å². The highest BCUT2D eigenvalue weighted by Gasteiger charge is 2.25. The number of hydrogen-bond acceptors (Lipinski definition) is 7. The number of sulfone groups is 1. The van der Waals surface area contributed by atoms with Crippen molar-refractivity contribution >= 4 is 26.5 Å². The summed E-state index contributed by atoms with van der Waals surface area (Å²) in [7, 11) is -3.88. The molecule has 41 heavy (non-hydrogen) atoms. The summed E-state index contributed by atoms with van der Waals surface area (Å²) in [5, 5.41) is 4.41. The van der Waals surface area contributed by atoms with Gasteiger partial charge in [-0.05, 0) is 49.1 Å². The molecule has 6 rings (SSSR count). The Morgan fingerprint density at radius 3 is 2.59 bits per heavy atom. The minimum atomic E-state index is -3.88. The van der Waals surface area contributed by atoms with E-state index in [0.29, 0.717) is 29.3 Å². The molecule has 3 aromatic heterocycles. The summed E-state index contributed by atoms with van der Waals surface area (Å²) >= 11 is 0. The Morgan fingerprint density at radius 1 is 1.00 bits per heavy atom. The maximum atomic E-state index is 13.4. The van der Waals surface area contributed by atoms with Crippen molar-refractivity contribution in [3.63, 3.8) is 0 Å². The van der Waals surface area contributed by atoms with Gasteiger partial charge in [0.05, 0.1) is 17.0 Å². The van der Waals surface area contributed by atoms with E-state index in [9.17, 15) is 13.2 Å². The standard InChI is InChI=1S/C32H31N3O5S/c1-22-15-27(34-40-22)17-28(36)21-41(37,38)32-20-35(31-8-3-2-7-29(31)32)19-23-5-4-6-25(16-23)26-9-10-30(33-18-26)24-11-13-39-14-12-24/h2-10,15-16,18,20,24H,11-14,17,19,21H2,1H3. The molecule has 1 aliphatic rings. The molecule has 8 nitrogen and oxygen atoms in total. The molecule has 4 heterocycles. The number of carbonyl (C=O) groups excluding carboxylic acids is 1. The lowest BCUT2D eigenvalue weighted by Crippen LogP contribution is -2.18. The summed E-state index contributed by atoms with van der Waals surface area (Å²) in [5.74, 6) is -0.0111. The van der Waals surface area contributed by atoms with Crippen LogP contribution in [0.1, 0.15) is 41.5 Å². The number of ether oxygens (including phenoxy) is 1. The molecular weight excluding hydrogens is 538 g/mol. The number of ketones is 1. The maximum absolute atomic E-state index is 13.4. The summed E-state index contributed by atoms with van der Waals surface area (Å²) in [6.45, 7) is 3.77. The van der Waals surface area contributed by atoms with Crippen molar-refractivity contribution in [1.29, 1.82) is 0 Å². The van der Waals surface area contributed by atoms with Gasteiger partial charge in [-0.2, -0.15) is 0 Å². The summed E-state index contributed by atoms with van der Waals surface area (Å²) in [6.07, 6.45) is 5.48. The van der Waals surface area contributed by atoms with Gasteiger partial charge >= 0.3 is 0 Å². The molecule has 5 aromatic rings. The Bertz CT molecular complexity index is 1800. The molecule has 0 spiro atoms. The predicted octanol–water partition coefficient (Wildman–Crippen LogP) is 5.53. The van der Waals surface area contributed by atoms with Gasteiger partial charge in [-0.1, -0.05) is 47.6 Å². The van der Waals surface area contributed by atoms with Crippen LogP contribution in [0.25, 0.3) is 22.0 Å². The number of benzene rings is 2. The number of aromatic nitrogens is 3. The van der Waals surface area contributed by atoms with Crippen LogP contribution in [0.15, 0.2) is 88.5 Å². The lowest BCUT2D eigenvalue weighted by molar-refractivity contribution is -0.116. The first kappa shape index (κ1) is 27.1. The molecule has 2 aromatic carbocycles. The van der Waals surface area contributed by atoms with Crippen LogP contribution < -0.4 is 0 Å². The number of pyridine rings is 1. The summed E-state index contributed by atoms with van der Waals surface area (Å²) in [5.41, 5.74) is 5.43. The lowest BCUT2D eigenvalue weighted by atomic mass is 9.95. The molecule has 1 aliphatic heterocycles. The Labute approximate surface area is 238 Å². The maximum Gasteiger partial charge on any atom is 0.187 e. The summed E-state index contributed by atoms with van der Waals surface area (Å²) in [6, 6.07) is 21.4. The zero-order valence-electron chi connectivity index (χ0n) is 22.8. The van der Waals surface area contributed by atoms with E-state index in [0.717, 1.165) is 54.0 Å². The predicted molar refractivity (Wildman–Crippen MR) is 156 cm³/mol. The van der Waals surface area contributed by atoms with E-state index in [-0.39, 0.29) is 11.3 Å². The number of rotatable bonds is 9. The summed E-state index contributed by atoms with van der Waals surface area (Å²) in [4.78, 5) is 17.6. The van der Waals surface area contributed by atoms with Gasteiger partial charge < -0.3 is 13.8 Å². The van der Waals surface area contributed by atoms with Crippen molar-refractivity contribution in [2.45, 2.75) is 43.5 Å². The highest BCUT2D eigenvalue weighted by molar-refractivity contribution is 7.92. The second kappa shape index (κ2) is 11.4. The normalized spacial score (nSPS) is 14.5. The van der Waals surface area contributed by atoms with Crippen molar-refractivity contribution in [2.24, 2.45) is 0 Å². The fraction of sp³-hybridized carbons (Fsp3) is 0.281. The third-order valence-electron chi connectivity index (χ3n) is 7.53. The topological polar surface area (TPSA) is 104 Å². The highest BCUT2D eigenvalue weighted by atomic mass is 32.2. The van der Waals surface area contributed by atoms with Gasteiger partial charge in [0.1, 0.15) is 11.5 Å². The monoisotopic (exact) mass is 569 g/mol. The van der Waals surface area contributed by atoms with Gasteiger partial charge in [0.2, 0.25) is 0 Å². The largest absolute Gasteiger partial charge is 0.381 e. The van der Waals surface area contributed by atoms with Gasteiger partial charge in [-0.15, -0.1) is 0 Å². The van der Waals surface area contributed by atoms with Crippen LogP contribution in [0, 0.1) is 6.92 Å². The zero-order valence-corrected chi connectivity index (χ0v) is 23.6. The molecule has 1 saturated heterocycles. The van der Waals surface area contributed by atoms with Crippen molar-refractivity contribution in [3.05, 3.63) is 102 Å². The Kier molecular flexibility index (Phi) is 7.55. The van der Waals surface area contributed by atoms with Gasteiger partial charge in [0.15, 0.2) is 15.6 Å². The van der Waals surface area contributed by atoms with Crippen LogP contribution in [0.4, 0.5) is 0 Å². The minimum absolute atomic E-state index is 0.0904. The number of Topliss-reactive ketones (excluding diaryl/α,β-unsaturated/α-hetero) is 1. The molecule has 9 heteroatoms. The molecule has 0 radical (unpaired) electrons. The van der Waals surface area contributed by atoms with E-state index < -0.39 is 21.4 Å². The number of fused-ring (bicyclic) bond motifs is 1. The molecule has 0 saturated carbocycles. The van der Waals surface area contributed by atoms with Crippen molar-refractivity contribution in [2.75, 3.05) is 19.0 Å². The van der Waals surface area contributed by atoms with Crippen LogP contribution in [-0.2, 0) is 32.3 Å². The molecule has 210 valence electrons. The Balaban J connectivity index is 1.23. The number of para-hydroxylation sites is 1. The van der Waals surface area contributed by atoms with E-state index in [4.69, 9.17) is 14.2 Å². The van der Waals surface area contributed by atoms with Crippen LogP contribution >= 0.6 is 0 Å². The van der Waals surface area contributed by atoms with Gasteiger partial charge in [-0.25, -0.2) is 8.42 Å². The lowest BCUT2D eigenvalue weighted by Gasteiger charge is -2.21. The molecule has 0 aliphatic carbocycles. The van der Waals surface area contributed by atoms with Gasteiger partial charge in [0.25, 0.3) is 0 Å². The van der Waals surface area contributed by atoms with Crippen LogP contribution in [0.5, 0.6) is 0 Å². The smallest absolute Gasteiger partial charge is 0.187 e.